The second-order valence-electron chi connectivity index (χ2n) is 4.74. The molecule has 0 spiro atoms. The maximum atomic E-state index is 5.60. The van der Waals surface area contributed by atoms with Crippen molar-refractivity contribution in [2.24, 2.45) is 11.7 Å². The van der Waals surface area contributed by atoms with Crippen molar-refractivity contribution >= 4 is 5.69 Å². The van der Waals surface area contributed by atoms with Crippen molar-refractivity contribution in [3.63, 3.8) is 0 Å². The van der Waals surface area contributed by atoms with Crippen LogP contribution in [0.1, 0.15) is 31.4 Å². The Hall–Kier alpha value is -1.09. The average Bonchev–Trinajstić information content (AvgIpc) is 2.82. The minimum absolute atomic E-state index is 0.519. The first-order chi connectivity index (χ1) is 7.79. The van der Waals surface area contributed by atoms with Crippen LogP contribution in [-0.4, -0.2) is 18.6 Å². The number of anilines is 1. The van der Waals surface area contributed by atoms with Crippen molar-refractivity contribution in [2.45, 2.75) is 32.2 Å². The summed E-state index contributed by atoms with van der Waals surface area (Å²) >= 11 is 0. The van der Waals surface area contributed by atoms with Gasteiger partial charge in [-0.15, -0.1) is 0 Å². The fourth-order valence-corrected chi connectivity index (χ4v) is 2.50. The molecule has 1 aromatic rings. The lowest BCUT2D eigenvalue weighted by Crippen LogP contribution is -2.24. The first-order valence-electron chi connectivity index (χ1n) is 6.15. The molecule has 1 aromatic heterocycles. The summed E-state index contributed by atoms with van der Waals surface area (Å²) in [6, 6.07) is 4.16. The summed E-state index contributed by atoms with van der Waals surface area (Å²) in [5, 5.41) is 0. The third-order valence-electron chi connectivity index (χ3n) is 3.46. The second-order valence-corrected chi connectivity index (χ2v) is 4.74. The molecule has 3 nitrogen and oxygen atoms in total. The monoisotopic (exact) mass is 219 g/mol. The van der Waals surface area contributed by atoms with Crippen LogP contribution < -0.4 is 10.6 Å². The van der Waals surface area contributed by atoms with Gasteiger partial charge in [0.05, 0.1) is 5.69 Å². The van der Waals surface area contributed by atoms with Gasteiger partial charge in [-0.3, -0.25) is 4.98 Å². The number of rotatable bonds is 4. The fraction of sp³-hybridized carbons (Fsp3) is 0.615. The Morgan fingerprint density at radius 1 is 1.44 bits per heavy atom. The minimum atomic E-state index is 0.519. The molecule has 0 bridgehead atoms. The van der Waals surface area contributed by atoms with E-state index in [0.717, 1.165) is 18.2 Å². The number of hydrogen-bond acceptors (Lipinski definition) is 3. The zero-order valence-electron chi connectivity index (χ0n) is 10.0. The topological polar surface area (TPSA) is 42.2 Å². The molecule has 0 aromatic carbocycles. The summed E-state index contributed by atoms with van der Waals surface area (Å²) in [6.07, 6.45) is 7.44. The molecule has 0 unspecified atom stereocenters. The van der Waals surface area contributed by atoms with Gasteiger partial charge in [0.25, 0.3) is 0 Å². The Kier molecular flexibility index (Phi) is 3.78. The molecule has 2 N–H and O–H groups in total. The normalized spacial score (nSPS) is 16.6. The van der Waals surface area contributed by atoms with Gasteiger partial charge >= 0.3 is 0 Å². The molecule has 1 saturated carbocycles. The predicted molar refractivity (Wildman–Crippen MR) is 67.4 cm³/mol. The molecule has 0 aliphatic heterocycles. The lowest BCUT2D eigenvalue weighted by atomic mass is 10.1. The van der Waals surface area contributed by atoms with Gasteiger partial charge in [-0.1, -0.05) is 12.8 Å². The van der Waals surface area contributed by atoms with E-state index in [1.54, 1.807) is 0 Å². The smallest absolute Gasteiger partial charge is 0.0560 e. The van der Waals surface area contributed by atoms with E-state index in [2.05, 4.69) is 29.1 Å². The van der Waals surface area contributed by atoms with Crippen LogP contribution in [0.5, 0.6) is 0 Å². The van der Waals surface area contributed by atoms with Crippen LogP contribution >= 0.6 is 0 Å². The lowest BCUT2D eigenvalue weighted by molar-refractivity contribution is 0.547. The minimum Gasteiger partial charge on any atom is -0.374 e. The third-order valence-corrected chi connectivity index (χ3v) is 3.46. The first-order valence-corrected chi connectivity index (χ1v) is 6.15. The van der Waals surface area contributed by atoms with Crippen molar-refractivity contribution < 1.29 is 0 Å². The molecule has 16 heavy (non-hydrogen) atoms. The lowest BCUT2D eigenvalue weighted by Gasteiger charge is -2.23. The van der Waals surface area contributed by atoms with Gasteiger partial charge in [0.1, 0.15) is 0 Å². The molecule has 88 valence electrons. The Morgan fingerprint density at radius 2 is 2.19 bits per heavy atom. The zero-order valence-corrected chi connectivity index (χ0v) is 10.0. The summed E-state index contributed by atoms with van der Waals surface area (Å²) in [4.78, 5) is 6.55. The number of pyridine rings is 1. The number of hydrogen-bond donors (Lipinski definition) is 1. The maximum Gasteiger partial charge on any atom is 0.0560 e. The van der Waals surface area contributed by atoms with Gasteiger partial charge in [-0.2, -0.15) is 0 Å². The SMILES string of the molecule is CN(CC1CCCC1)c1ccnc(CN)c1. The van der Waals surface area contributed by atoms with Crippen LogP contribution in [0.25, 0.3) is 0 Å². The van der Waals surface area contributed by atoms with Crippen molar-refractivity contribution in [2.75, 3.05) is 18.5 Å². The van der Waals surface area contributed by atoms with E-state index >= 15 is 0 Å². The second kappa shape index (κ2) is 5.30. The Labute approximate surface area is 97.7 Å². The van der Waals surface area contributed by atoms with Gasteiger partial charge in [0, 0.05) is 32.0 Å². The molecule has 0 atom stereocenters. The Morgan fingerprint density at radius 3 is 2.88 bits per heavy atom. The van der Waals surface area contributed by atoms with E-state index < -0.39 is 0 Å². The summed E-state index contributed by atoms with van der Waals surface area (Å²) in [5.41, 5.74) is 7.81. The van der Waals surface area contributed by atoms with E-state index in [0.29, 0.717) is 6.54 Å². The van der Waals surface area contributed by atoms with Gasteiger partial charge in [-0.25, -0.2) is 0 Å². The number of nitrogens with two attached hydrogens (primary N) is 1. The molecule has 1 aliphatic carbocycles. The van der Waals surface area contributed by atoms with Gasteiger partial charge in [-0.05, 0) is 30.9 Å². The van der Waals surface area contributed by atoms with E-state index in [-0.39, 0.29) is 0 Å². The van der Waals surface area contributed by atoms with Gasteiger partial charge in [0.15, 0.2) is 0 Å². The van der Waals surface area contributed by atoms with Gasteiger partial charge < -0.3 is 10.6 Å². The Balaban J connectivity index is 1.98. The van der Waals surface area contributed by atoms with E-state index in [1.807, 2.05) is 6.20 Å². The van der Waals surface area contributed by atoms with Crippen LogP contribution in [0.2, 0.25) is 0 Å². The summed E-state index contributed by atoms with van der Waals surface area (Å²) in [5.74, 6) is 0.875. The van der Waals surface area contributed by atoms with Crippen LogP contribution in [-0.2, 0) is 6.54 Å². The molecule has 1 aliphatic rings. The summed E-state index contributed by atoms with van der Waals surface area (Å²) in [7, 11) is 2.16. The number of aromatic nitrogens is 1. The maximum absolute atomic E-state index is 5.60. The molecule has 2 rings (SSSR count). The van der Waals surface area contributed by atoms with Crippen LogP contribution in [0, 0.1) is 5.92 Å². The van der Waals surface area contributed by atoms with E-state index in [1.165, 1.54) is 31.4 Å². The Bertz CT molecular complexity index is 332. The van der Waals surface area contributed by atoms with E-state index in [9.17, 15) is 0 Å². The molecular formula is C13H21N3. The molecule has 3 heteroatoms. The quantitative estimate of drug-likeness (QED) is 0.844. The van der Waals surface area contributed by atoms with Crippen molar-refractivity contribution in [3.05, 3.63) is 24.0 Å². The predicted octanol–water partition coefficient (Wildman–Crippen LogP) is 2.17. The number of nitrogens with zero attached hydrogens (tertiary/aromatic N) is 2. The third kappa shape index (κ3) is 2.73. The molecule has 0 amide bonds. The van der Waals surface area contributed by atoms with Crippen LogP contribution in [0.15, 0.2) is 18.3 Å². The molecule has 0 saturated heterocycles. The molecule has 1 heterocycles. The highest BCUT2D eigenvalue weighted by Gasteiger charge is 2.17. The van der Waals surface area contributed by atoms with Crippen molar-refractivity contribution in [3.8, 4) is 0 Å². The fourth-order valence-electron chi connectivity index (χ4n) is 2.50. The molecular weight excluding hydrogens is 198 g/mol. The zero-order chi connectivity index (χ0) is 11.4. The highest BCUT2D eigenvalue weighted by molar-refractivity contribution is 5.45. The largest absolute Gasteiger partial charge is 0.374 e. The van der Waals surface area contributed by atoms with Crippen molar-refractivity contribution in [1.29, 1.82) is 0 Å². The molecule has 0 radical (unpaired) electrons. The first kappa shape index (κ1) is 11.4. The summed E-state index contributed by atoms with van der Waals surface area (Å²) < 4.78 is 0. The van der Waals surface area contributed by atoms with E-state index in [4.69, 9.17) is 5.73 Å². The molecule has 1 fully saturated rings. The van der Waals surface area contributed by atoms with Gasteiger partial charge in [0.2, 0.25) is 0 Å². The average molecular weight is 219 g/mol. The summed E-state index contributed by atoms with van der Waals surface area (Å²) in [6.45, 7) is 1.68. The van der Waals surface area contributed by atoms with Crippen LogP contribution in [0.4, 0.5) is 5.69 Å². The highest BCUT2D eigenvalue weighted by atomic mass is 15.1. The van der Waals surface area contributed by atoms with Crippen LogP contribution in [0.3, 0.4) is 0 Å². The highest BCUT2D eigenvalue weighted by Crippen LogP contribution is 2.26. The standard InChI is InChI=1S/C13H21N3/c1-16(10-11-4-2-3-5-11)13-6-7-15-12(8-13)9-14/h6-8,11H,2-5,9-10,14H2,1H3. The van der Waals surface area contributed by atoms with Crippen molar-refractivity contribution in [1.82, 2.24) is 4.98 Å².